The normalized spacial score (nSPS) is 16.3. The molecular formula is C26H27F3N6O7S. The third-order valence-corrected chi connectivity index (χ3v) is 7.70. The number of nitrogens with one attached hydrogen (secondary N) is 1. The zero-order valence-electron chi connectivity index (χ0n) is 23.1. The molecule has 2 heterocycles. The van der Waals surface area contributed by atoms with E-state index in [4.69, 9.17) is 9.57 Å². The van der Waals surface area contributed by atoms with Crippen molar-refractivity contribution in [2.75, 3.05) is 6.54 Å². The first kappa shape index (κ1) is 31.3. The number of hydrazine groups is 1. The Morgan fingerprint density at radius 3 is 2.40 bits per heavy atom. The monoisotopic (exact) mass is 624 g/mol. The molecule has 1 aliphatic heterocycles. The van der Waals surface area contributed by atoms with E-state index in [0.29, 0.717) is 5.56 Å². The molecule has 2 atom stereocenters. The Morgan fingerprint density at radius 2 is 1.84 bits per heavy atom. The van der Waals surface area contributed by atoms with E-state index in [1.807, 2.05) is 11.6 Å². The summed E-state index contributed by atoms with van der Waals surface area (Å²) in [7, 11) is -4.43. The summed E-state index contributed by atoms with van der Waals surface area (Å²) in [4.78, 5) is 28.3. The van der Waals surface area contributed by atoms with Crippen LogP contribution in [-0.2, 0) is 35.4 Å². The Bertz CT molecular complexity index is 1620. The fraction of sp³-hybridized carbons (Fsp3) is 0.346. The van der Waals surface area contributed by atoms with Crippen LogP contribution in [0.4, 0.5) is 13.2 Å². The van der Waals surface area contributed by atoms with Gasteiger partial charge in [-0.25, -0.2) is 17.8 Å². The summed E-state index contributed by atoms with van der Waals surface area (Å²) in [5, 5.41) is 20.0. The van der Waals surface area contributed by atoms with E-state index in [9.17, 15) is 36.4 Å². The van der Waals surface area contributed by atoms with Crippen molar-refractivity contribution in [2.45, 2.75) is 57.0 Å². The van der Waals surface area contributed by atoms with Gasteiger partial charge in [-0.05, 0) is 37.3 Å². The number of aryl methyl sites for hydroxylation is 1. The van der Waals surface area contributed by atoms with Gasteiger partial charge in [0.1, 0.15) is 0 Å². The minimum atomic E-state index is -4.72. The molecule has 1 unspecified atom stereocenters. The number of benzene rings is 2. The quantitative estimate of drug-likeness (QED) is 0.116. The van der Waals surface area contributed by atoms with Crippen LogP contribution < -0.4 is 4.72 Å². The summed E-state index contributed by atoms with van der Waals surface area (Å²) in [5.41, 5.74) is 0.518. The molecule has 1 fully saturated rings. The van der Waals surface area contributed by atoms with E-state index < -0.39 is 46.1 Å². The fourth-order valence-electron chi connectivity index (χ4n) is 3.96. The minimum absolute atomic E-state index is 0.0453. The average molecular weight is 625 g/mol. The number of halogens is 3. The Balaban J connectivity index is 1.48. The summed E-state index contributed by atoms with van der Waals surface area (Å²) in [5.74, 6) is -1.60. The summed E-state index contributed by atoms with van der Waals surface area (Å²) in [6.07, 6.45) is -5.67. The first-order chi connectivity index (χ1) is 20.2. The van der Waals surface area contributed by atoms with Crippen LogP contribution in [0, 0.1) is 12.1 Å². The molecule has 2 aromatic carbocycles. The molecule has 3 aromatic rings. The number of esters is 1. The molecule has 13 nitrogen and oxygen atoms in total. The predicted molar refractivity (Wildman–Crippen MR) is 142 cm³/mol. The molecule has 17 heteroatoms. The predicted octanol–water partition coefficient (Wildman–Crippen LogP) is 3.85. The highest BCUT2D eigenvalue weighted by molar-refractivity contribution is 7.90. The van der Waals surface area contributed by atoms with Crippen LogP contribution in [0.3, 0.4) is 0 Å². The first-order valence-corrected chi connectivity index (χ1v) is 14.4. The third kappa shape index (κ3) is 7.22. The minimum Gasteiger partial charge on any atom is -0.569 e. The van der Waals surface area contributed by atoms with Crippen LogP contribution in [0.5, 0.6) is 0 Å². The highest BCUT2D eigenvalue weighted by atomic mass is 32.2. The Kier molecular flexibility index (Phi) is 8.93. The number of carbonyl (C=O) groups excluding carboxylic acids is 2. The number of ether oxygens (including phenoxy) is 1. The largest absolute Gasteiger partial charge is 0.569 e. The summed E-state index contributed by atoms with van der Waals surface area (Å²) in [6, 6.07) is 11.2. The van der Waals surface area contributed by atoms with E-state index in [-0.39, 0.29) is 40.6 Å². The van der Waals surface area contributed by atoms with Gasteiger partial charge in [0.2, 0.25) is 5.28 Å². The standard InChI is InChI=1S/C26H27F3N6O7S/c1-4-24(36)41-17(3)42-32-35(38)33-14-13-21(33)25(37)31-43(39,40)20-11-9-19(10-12-20)34-22(15-23(30-34)26(27,28)29)18-7-5-16(2)6-8-18/h5-12,15,17,21H,4,13-14H2,1-3H3,(H,31,37)/b35-32+/t17?,21-/m0/s1. The average Bonchev–Trinajstić information content (AvgIpc) is 3.38. The van der Waals surface area contributed by atoms with Gasteiger partial charge in [0.25, 0.3) is 22.2 Å². The second-order valence-electron chi connectivity index (χ2n) is 9.47. The fourth-order valence-corrected chi connectivity index (χ4v) is 4.97. The number of amides is 1. The maximum absolute atomic E-state index is 13.5. The molecule has 230 valence electrons. The maximum atomic E-state index is 13.5. The van der Waals surface area contributed by atoms with Gasteiger partial charge in [-0.1, -0.05) is 36.8 Å². The SMILES string of the molecule is CCC(=O)OC(C)O/N=[N+](/[O-])N1CC[C@H]1C(=O)NS(=O)(=O)c1ccc(-n2nc(C(F)(F)F)cc2-c2ccc(C)cc2)cc1. The zero-order chi connectivity index (χ0) is 31.5. The smallest absolute Gasteiger partial charge is 0.435 e. The zero-order valence-corrected chi connectivity index (χ0v) is 23.9. The molecule has 1 aliphatic rings. The lowest BCUT2D eigenvalue weighted by atomic mass is 10.1. The van der Waals surface area contributed by atoms with Crippen LogP contribution in [0.15, 0.2) is 64.8 Å². The van der Waals surface area contributed by atoms with Crippen molar-refractivity contribution in [1.29, 1.82) is 0 Å². The van der Waals surface area contributed by atoms with Crippen molar-refractivity contribution >= 4 is 21.9 Å². The molecule has 0 bridgehead atoms. The van der Waals surface area contributed by atoms with Gasteiger partial charge in [0, 0.05) is 25.3 Å². The number of rotatable bonds is 10. The number of nitrogens with zero attached hydrogens (tertiary/aromatic N) is 5. The van der Waals surface area contributed by atoms with Gasteiger partial charge >= 0.3 is 12.1 Å². The topological polar surface area (TPSA) is 158 Å². The van der Waals surface area contributed by atoms with Crippen molar-refractivity contribution < 1.29 is 45.7 Å². The lowest BCUT2D eigenvalue weighted by Crippen LogP contribution is -2.59. The van der Waals surface area contributed by atoms with E-state index in [1.54, 1.807) is 31.2 Å². The van der Waals surface area contributed by atoms with Crippen LogP contribution in [0.25, 0.3) is 16.9 Å². The van der Waals surface area contributed by atoms with Crippen LogP contribution in [-0.4, -0.2) is 58.9 Å². The molecule has 0 aliphatic carbocycles. The van der Waals surface area contributed by atoms with Gasteiger partial charge in [0.15, 0.2) is 11.7 Å². The van der Waals surface area contributed by atoms with E-state index in [2.05, 4.69) is 10.4 Å². The van der Waals surface area contributed by atoms with Crippen molar-refractivity contribution in [2.24, 2.45) is 5.28 Å². The number of sulfonamides is 1. The van der Waals surface area contributed by atoms with Crippen molar-refractivity contribution in [1.82, 2.24) is 19.5 Å². The summed E-state index contributed by atoms with van der Waals surface area (Å²) < 4.78 is 74.0. The second-order valence-corrected chi connectivity index (χ2v) is 11.2. The molecule has 0 spiro atoms. The number of carbonyl (C=O) groups is 2. The summed E-state index contributed by atoms with van der Waals surface area (Å²) in [6.45, 7) is 4.79. The first-order valence-electron chi connectivity index (χ1n) is 12.9. The lowest BCUT2D eigenvalue weighted by molar-refractivity contribution is -0.730. The van der Waals surface area contributed by atoms with Crippen molar-refractivity contribution in [3.8, 4) is 16.9 Å². The van der Waals surface area contributed by atoms with Gasteiger partial charge in [0.05, 0.1) is 27.8 Å². The number of alkyl halides is 3. The highest BCUT2D eigenvalue weighted by Crippen LogP contribution is 2.33. The van der Waals surface area contributed by atoms with Crippen molar-refractivity contribution in [3.05, 3.63) is 71.1 Å². The molecule has 1 aromatic heterocycles. The molecule has 0 radical (unpaired) electrons. The molecule has 1 amide bonds. The molecule has 4 rings (SSSR count). The van der Waals surface area contributed by atoms with Crippen LogP contribution in [0.2, 0.25) is 0 Å². The third-order valence-electron chi connectivity index (χ3n) is 6.34. The Labute approximate surface area is 244 Å². The molecular weight excluding hydrogens is 597 g/mol. The van der Waals surface area contributed by atoms with Gasteiger partial charge in [-0.2, -0.15) is 18.3 Å². The summed E-state index contributed by atoms with van der Waals surface area (Å²) >= 11 is 0. The van der Waals surface area contributed by atoms with Gasteiger partial charge in [-0.3, -0.25) is 14.4 Å². The van der Waals surface area contributed by atoms with E-state index in [0.717, 1.165) is 33.5 Å². The lowest BCUT2D eigenvalue weighted by Gasteiger charge is -2.34. The van der Waals surface area contributed by atoms with Crippen molar-refractivity contribution in [3.63, 3.8) is 0 Å². The Hall–Kier alpha value is -4.67. The Morgan fingerprint density at radius 1 is 1.19 bits per heavy atom. The van der Waals surface area contributed by atoms with Crippen LogP contribution in [0.1, 0.15) is 37.9 Å². The molecule has 0 saturated carbocycles. The number of hydrogen-bond donors (Lipinski definition) is 1. The van der Waals surface area contributed by atoms with E-state index in [1.165, 1.54) is 19.1 Å². The van der Waals surface area contributed by atoms with Gasteiger partial charge in [-0.15, -0.1) is 5.01 Å². The number of hydrogen-bond acceptors (Lipinski definition) is 9. The molecule has 1 saturated heterocycles. The highest BCUT2D eigenvalue weighted by Gasteiger charge is 2.42. The maximum Gasteiger partial charge on any atom is 0.435 e. The van der Waals surface area contributed by atoms with Crippen LogP contribution >= 0.6 is 0 Å². The van der Waals surface area contributed by atoms with Gasteiger partial charge < -0.3 is 9.94 Å². The molecule has 1 N–H and O–H groups in total. The second kappa shape index (κ2) is 12.3. The molecule has 43 heavy (non-hydrogen) atoms. The number of aromatic nitrogens is 2. The van der Waals surface area contributed by atoms with E-state index >= 15 is 0 Å².